The Bertz CT molecular complexity index is 356. The normalized spacial score (nSPS) is 11.4. The van der Waals surface area contributed by atoms with Gasteiger partial charge in [-0.2, -0.15) is 0 Å². The fourth-order valence-electron chi connectivity index (χ4n) is 1.54. The van der Waals surface area contributed by atoms with Crippen molar-refractivity contribution in [3.05, 3.63) is 23.8 Å². The zero-order valence-corrected chi connectivity index (χ0v) is 11.5. The predicted molar refractivity (Wildman–Crippen MR) is 71.9 cm³/mol. The van der Waals surface area contributed by atoms with Gasteiger partial charge in [0.05, 0.1) is 6.61 Å². The summed E-state index contributed by atoms with van der Waals surface area (Å²) in [5, 5.41) is 3.32. The second kappa shape index (κ2) is 5.92. The van der Waals surface area contributed by atoms with Gasteiger partial charge in [-0.3, -0.25) is 0 Å². The molecule has 1 N–H and O–H groups in total. The van der Waals surface area contributed by atoms with E-state index in [1.807, 2.05) is 32.9 Å². The molecule has 0 aliphatic rings. The molecular weight excluding hydrogens is 214 g/mol. The first-order valence-corrected chi connectivity index (χ1v) is 5.95. The number of benzene rings is 1. The van der Waals surface area contributed by atoms with Crippen molar-refractivity contribution in [3.8, 4) is 5.75 Å². The Hall–Kier alpha value is -1.22. The minimum absolute atomic E-state index is 0.155. The van der Waals surface area contributed by atoms with Crippen LogP contribution < -0.4 is 10.1 Å². The molecule has 0 bridgehead atoms. The third-order valence-electron chi connectivity index (χ3n) is 2.24. The van der Waals surface area contributed by atoms with Crippen molar-refractivity contribution in [2.75, 3.05) is 25.6 Å². The number of rotatable bonds is 5. The molecule has 0 spiro atoms. The average Bonchev–Trinajstić information content (AvgIpc) is 2.19. The quantitative estimate of drug-likeness (QED) is 0.798. The maximum atomic E-state index is 5.81. The number of methoxy groups -OCH3 is 1. The van der Waals surface area contributed by atoms with Crippen molar-refractivity contribution in [1.82, 2.24) is 0 Å². The van der Waals surface area contributed by atoms with Crippen LogP contribution in [0.2, 0.25) is 0 Å². The minimum Gasteiger partial charge on any atom is -0.488 e. The number of hydrogen-bond donors (Lipinski definition) is 1. The highest BCUT2D eigenvalue weighted by atomic mass is 16.5. The average molecular weight is 237 g/mol. The van der Waals surface area contributed by atoms with E-state index < -0.39 is 0 Å². The Morgan fingerprint density at radius 1 is 1.24 bits per heavy atom. The van der Waals surface area contributed by atoms with Gasteiger partial charge in [0.2, 0.25) is 0 Å². The van der Waals surface area contributed by atoms with Gasteiger partial charge in [-0.15, -0.1) is 0 Å². The summed E-state index contributed by atoms with van der Waals surface area (Å²) in [4.78, 5) is 0. The standard InChI is InChI=1S/C14H23NO2/c1-11-10-12(17-14(2,3)4)6-7-13(11)15-8-9-16-5/h6-7,10,15H,8-9H2,1-5H3. The van der Waals surface area contributed by atoms with Crippen LogP contribution in [0.25, 0.3) is 0 Å². The lowest BCUT2D eigenvalue weighted by Crippen LogP contribution is -2.23. The van der Waals surface area contributed by atoms with Gasteiger partial charge in [-0.25, -0.2) is 0 Å². The third-order valence-corrected chi connectivity index (χ3v) is 2.24. The monoisotopic (exact) mass is 237 g/mol. The molecule has 0 heterocycles. The fraction of sp³-hybridized carbons (Fsp3) is 0.571. The van der Waals surface area contributed by atoms with E-state index in [0.717, 1.165) is 18.0 Å². The van der Waals surface area contributed by atoms with Gasteiger partial charge >= 0.3 is 0 Å². The van der Waals surface area contributed by atoms with Gasteiger partial charge in [0.25, 0.3) is 0 Å². The molecule has 0 aliphatic carbocycles. The van der Waals surface area contributed by atoms with E-state index in [2.05, 4.69) is 18.3 Å². The molecule has 0 unspecified atom stereocenters. The smallest absolute Gasteiger partial charge is 0.120 e. The van der Waals surface area contributed by atoms with Crippen LogP contribution in [0.5, 0.6) is 5.75 Å². The second-order valence-corrected chi connectivity index (χ2v) is 5.11. The van der Waals surface area contributed by atoms with Crippen LogP contribution in [0.1, 0.15) is 26.3 Å². The lowest BCUT2D eigenvalue weighted by molar-refractivity contribution is 0.131. The molecule has 3 nitrogen and oxygen atoms in total. The Morgan fingerprint density at radius 3 is 2.47 bits per heavy atom. The summed E-state index contributed by atoms with van der Waals surface area (Å²) in [6, 6.07) is 6.10. The molecule has 17 heavy (non-hydrogen) atoms. The molecule has 0 fully saturated rings. The molecule has 96 valence electrons. The summed E-state index contributed by atoms with van der Waals surface area (Å²) in [6.07, 6.45) is 0. The number of aryl methyl sites for hydroxylation is 1. The van der Waals surface area contributed by atoms with Gasteiger partial charge in [0.1, 0.15) is 11.4 Å². The molecule has 1 rings (SSSR count). The molecule has 0 aromatic heterocycles. The molecule has 0 amide bonds. The maximum absolute atomic E-state index is 5.81. The highest BCUT2D eigenvalue weighted by Gasteiger charge is 2.12. The molecular formula is C14H23NO2. The first-order valence-electron chi connectivity index (χ1n) is 5.95. The first-order chi connectivity index (χ1) is 7.92. The Morgan fingerprint density at radius 2 is 1.94 bits per heavy atom. The number of anilines is 1. The van der Waals surface area contributed by atoms with Crippen LogP contribution in [-0.4, -0.2) is 25.9 Å². The lowest BCUT2D eigenvalue weighted by atomic mass is 10.1. The fourth-order valence-corrected chi connectivity index (χ4v) is 1.54. The Labute approximate surface area is 104 Å². The third kappa shape index (κ3) is 5.09. The largest absolute Gasteiger partial charge is 0.488 e. The molecule has 1 aromatic rings. The number of ether oxygens (including phenoxy) is 2. The van der Waals surface area contributed by atoms with Gasteiger partial charge < -0.3 is 14.8 Å². The predicted octanol–water partition coefficient (Wildman–Crippen LogP) is 3.23. The highest BCUT2D eigenvalue weighted by Crippen LogP contribution is 2.24. The molecule has 3 heteroatoms. The van der Waals surface area contributed by atoms with Crippen LogP contribution in [0.4, 0.5) is 5.69 Å². The molecule has 1 aromatic carbocycles. The van der Waals surface area contributed by atoms with Gasteiger partial charge in [0, 0.05) is 19.3 Å². The summed E-state index contributed by atoms with van der Waals surface area (Å²) >= 11 is 0. The van der Waals surface area contributed by atoms with Crippen LogP contribution in [0.3, 0.4) is 0 Å². The van der Waals surface area contributed by atoms with Crippen molar-refractivity contribution in [1.29, 1.82) is 0 Å². The highest BCUT2D eigenvalue weighted by molar-refractivity contribution is 5.53. The first kappa shape index (κ1) is 13.8. The summed E-state index contributed by atoms with van der Waals surface area (Å²) in [5.74, 6) is 0.910. The van der Waals surface area contributed by atoms with E-state index >= 15 is 0 Å². The van der Waals surface area contributed by atoms with Gasteiger partial charge in [-0.1, -0.05) is 0 Å². The maximum Gasteiger partial charge on any atom is 0.120 e. The zero-order chi connectivity index (χ0) is 12.9. The Balaban J connectivity index is 2.66. The second-order valence-electron chi connectivity index (χ2n) is 5.11. The summed E-state index contributed by atoms with van der Waals surface area (Å²) in [5.41, 5.74) is 2.16. The van der Waals surface area contributed by atoms with Gasteiger partial charge in [0.15, 0.2) is 0 Å². The van der Waals surface area contributed by atoms with Crippen LogP contribution >= 0.6 is 0 Å². The topological polar surface area (TPSA) is 30.5 Å². The summed E-state index contributed by atoms with van der Waals surface area (Å²) in [6.45, 7) is 9.74. The molecule has 0 atom stereocenters. The van der Waals surface area contributed by atoms with E-state index in [-0.39, 0.29) is 5.60 Å². The van der Waals surface area contributed by atoms with Gasteiger partial charge in [-0.05, 0) is 51.5 Å². The van der Waals surface area contributed by atoms with Crippen molar-refractivity contribution in [3.63, 3.8) is 0 Å². The van der Waals surface area contributed by atoms with E-state index in [0.29, 0.717) is 6.61 Å². The minimum atomic E-state index is -0.155. The lowest BCUT2D eigenvalue weighted by Gasteiger charge is -2.22. The van der Waals surface area contributed by atoms with Crippen LogP contribution in [-0.2, 0) is 4.74 Å². The number of hydrogen-bond acceptors (Lipinski definition) is 3. The molecule has 0 aliphatic heterocycles. The Kier molecular flexibility index (Phi) is 4.82. The van der Waals surface area contributed by atoms with Crippen LogP contribution in [0.15, 0.2) is 18.2 Å². The van der Waals surface area contributed by atoms with E-state index in [1.54, 1.807) is 7.11 Å². The van der Waals surface area contributed by atoms with E-state index in [1.165, 1.54) is 5.56 Å². The van der Waals surface area contributed by atoms with E-state index in [9.17, 15) is 0 Å². The number of nitrogens with one attached hydrogen (secondary N) is 1. The molecule has 0 saturated carbocycles. The zero-order valence-electron chi connectivity index (χ0n) is 11.5. The SMILES string of the molecule is COCCNc1ccc(OC(C)(C)C)cc1C. The van der Waals surface area contributed by atoms with Crippen LogP contribution in [0, 0.1) is 6.92 Å². The summed E-state index contributed by atoms with van der Waals surface area (Å²) < 4.78 is 10.8. The van der Waals surface area contributed by atoms with Crippen molar-refractivity contribution >= 4 is 5.69 Å². The molecule has 0 saturated heterocycles. The van der Waals surface area contributed by atoms with Crippen molar-refractivity contribution in [2.24, 2.45) is 0 Å². The van der Waals surface area contributed by atoms with Crippen molar-refractivity contribution in [2.45, 2.75) is 33.3 Å². The molecule has 0 radical (unpaired) electrons. The van der Waals surface area contributed by atoms with E-state index in [4.69, 9.17) is 9.47 Å². The van der Waals surface area contributed by atoms with Crippen molar-refractivity contribution < 1.29 is 9.47 Å². The summed E-state index contributed by atoms with van der Waals surface area (Å²) in [7, 11) is 1.70.